The second-order valence-corrected chi connectivity index (χ2v) is 13.8. The molecule has 1 aromatic heterocycles. The predicted octanol–water partition coefficient (Wildman–Crippen LogP) is 7.86. The predicted molar refractivity (Wildman–Crippen MR) is 155 cm³/mol. The third-order valence-corrected chi connectivity index (χ3v) is 7.28. The monoisotopic (exact) mass is 576 g/mol. The number of furan rings is 1. The first-order chi connectivity index (χ1) is 18.4. The fourth-order valence-corrected chi connectivity index (χ4v) is 5.41. The number of ether oxygens (including phenoxy) is 2. The zero-order chi connectivity index (χ0) is 31.2. The molecule has 0 saturated heterocycles. The first-order valence-electron chi connectivity index (χ1n) is 13.6. The fraction of sp³-hybridized carbons (Fsp3) is 0.531. The third-order valence-electron chi connectivity index (χ3n) is 7.28. The van der Waals surface area contributed by atoms with Gasteiger partial charge in [-0.25, -0.2) is 0 Å². The van der Waals surface area contributed by atoms with Gasteiger partial charge in [-0.3, -0.25) is 4.79 Å². The van der Waals surface area contributed by atoms with E-state index in [1.165, 1.54) is 12.1 Å². The van der Waals surface area contributed by atoms with Crippen molar-refractivity contribution in [2.45, 2.75) is 104 Å². The molecule has 0 amide bonds. The number of nitrogens with two attached hydrogens (primary N) is 2. The van der Waals surface area contributed by atoms with Gasteiger partial charge in [0.05, 0.1) is 11.0 Å². The van der Waals surface area contributed by atoms with Crippen LogP contribution in [0.4, 0.5) is 13.2 Å². The number of esters is 1. The Morgan fingerprint density at radius 2 is 1.44 bits per heavy atom. The van der Waals surface area contributed by atoms with Crippen molar-refractivity contribution in [2.24, 2.45) is 16.9 Å². The van der Waals surface area contributed by atoms with Crippen molar-refractivity contribution in [3.63, 3.8) is 0 Å². The zero-order valence-electron chi connectivity index (χ0n) is 25.5. The van der Waals surface area contributed by atoms with Crippen molar-refractivity contribution >= 4 is 16.9 Å². The lowest BCUT2D eigenvalue weighted by atomic mass is 9.67. The van der Waals surface area contributed by atoms with E-state index in [1.54, 1.807) is 78.8 Å². The number of halogens is 3. The summed E-state index contributed by atoms with van der Waals surface area (Å²) in [5.41, 5.74) is 7.46. The summed E-state index contributed by atoms with van der Waals surface area (Å²) in [7, 11) is 0. The van der Waals surface area contributed by atoms with Gasteiger partial charge >= 0.3 is 12.1 Å². The van der Waals surface area contributed by atoms with Crippen LogP contribution in [0.15, 0.2) is 52.9 Å². The average Bonchev–Trinajstić information content (AvgIpc) is 3.19. The highest BCUT2D eigenvalue weighted by Crippen LogP contribution is 2.43. The van der Waals surface area contributed by atoms with E-state index in [-0.39, 0.29) is 29.9 Å². The SMILES string of the molecule is CC(C)(N)CC(C)(C(=O)OC(C)(C)CC(C)(C)Oc1ccc(-c2cc3ccccc3o2)c(C(F)(F)F)c1)C(C)(C)N. The topological polar surface area (TPSA) is 101 Å². The van der Waals surface area contributed by atoms with Crippen molar-refractivity contribution < 1.29 is 31.9 Å². The van der Waals surface area contributed by atoms with E-state index >= 15 is 0 Å². The van der Waals surface area contributed by atoms with Gasteiger partial charge in [0.25, 0.3) is 0 Å². The van der Waals surface area contributed by atoms with Gasteiger partial charge in [0.15, 0.2) is 0 Å². The van der Waals surface area contributed by atoms with Crippen LogP contribution in [0.25, 0.3) is 22.3 Å². The van der Waals surface area contributed by atoms with E-state index in [2.05, 4.69) is 0 Å². The lowest BCUT2D eigenvalue weighted by Gasteiger charge is -2.45. The molecule has 1 atom stereocenters. The normalized spacial score (nSPS) is 15.1. The summed E-state index contributed by atoms with van der Waals surface area (Å²) in [6.45, 7) is 15.8. The highest BCUT2D eigenvalue weighted by Gasteiger charge is 2.50. The number of hydrogen-bond donors (Lipinski definition) is 2. The quantitative estimate of drug-likeness (QED) is 0.238. The van der Waals surface area contributed by atoms with Crippen molar-refractivity contribution in [1.82, 2.24) is 0 Å². The van der Waals surface area contributed by atoms with E-state index in [0.29, 0.717) is 11.0 Å². The minimum atomic E-state index is -4.65. The maximum Gasteiger partial charge on any atom is 0.417 e. The summed E-state index contributed by atoms with van der Waals surface area (Å²) in [5, 5.41) is 0.706. The molecule has 41 heavy (non-hydrogen) atoms. The van der Waals surface area contributed by atoms with Crippen molar-refractivity contribution in [1.29, 1.82) is 0 Å². The van der Waals surface area contributed by atoms with Crippen LogP contribution in [0.2, 0.25) is 0 Å². The Morgan fingerprint density at radius 3 is 1.98 bits per heavy atom. The molecular weight excluding hydrogens is 533 g/mol. The number of carbonyl (C=O) groups is 1. The van der Waals surface area contributed by atoms with E-state index in [1.807, 2.05) is 13.8 Å². The first-order valence-corrected chi connectivity index (χ1v) is 13.6. The van der Waals surface area contributed by atoms with Crippen LogP contribution < -0.4 is 16.2 Å². The Hall–Kier alpha value is -3.04. The van der Waals surface area contributed by atoms with E-state index in [0.717, 1.165) is 6.07 Å². The second-order valence-electron chi connectivity index (χ2n) is 13.8. The molecule has 6 nitrogen and oxygen atoms in total. The molecule has 0 aliphatic carbocycles. The molecule has 9 heteroatoms. The van der Waals surface area contributed by atoms with Gasteiger partial charge in [-0.1, -0.05) is 18.2 Å². The smallest absolute Gasteiger partial charge is 0.417 e. The average molecular weight is 577 g/mol. The minimum absolute atomic E-state index is 0.0297. The van der Waals surface area contributed by atoms with Crippen LogP contribution in [0, 0.1) is 5.41 Å². The second kappa shape index (κ2) is 10.7. The molecule has 3 aromatic rings. The number of rotatable bonds is 10. The van der Waals surface area contributed by atoms with E-state index in [9.17, 15) is 18.0 Å². The molecule has 0 aliphatic heterocycles. The van der Waals surface area contributed by atoms with Gasteiger partial charge in [-0.2, -0.15) is 13.2 Å². The van der Waals surface area contributed by atoms with Crippen LogP contribution in [-0.2, 0) is 15.7 Å². The number of fused-ring (bicyclic) bond motifs is 1. The highest BCUT2D eigenvalue weighted by molar-refractivity contribution is 5.83. The summed E-state index contributed by atoms with van der Waals surface area (Å²) in [6, 6.07) is 12.4. The van der Waals surface area contributed by atoms with Crippen LogP contribution in [-0.4, -0.2) is 28.2 Å². The van der Waals surface area contributed by atoms with Crippen LogP contribution in [0.5, 0.6) is 5.75 Å². The summed E-state index contributed by atoms with van der Waals surface area (Å²) < 4.78 is 60.3. The van der Waals surface area contributed by atoms with E-state index in [4.69, 9.17) is 25.4 Å². The zero-order valence-corrected chi connectivity index (χ0v) is 25.5. The van der Waals surface area contributed by atoms with Gasteiger partial charge in [-0.05, 0) is 99.1 Å². The van der Waals surface area contributed by atoms with Crippen LogP contribution in [0.1, 0.15) is 80.7 Å². The fourth-order valence-electron chi connectivity index (χ4n) is 5.41. The molecule has 1 unspecified atom stereocenters. The number of hydrogen-bond acceptors (Lipinski definition) is 6. The molecule has 0 aliphatic rings. The Labute approximate surface area is 240 Å². The largest absolute Gasteiger partial charge is 0.488 e. The Balaban J connectivity index is 1.85. The third kappa shape index (κ3) is 7.83. The maximum absolute atomic E-state index is 14.2. The summed E-state index contributed by atoms with van der Waals surface area (Å²) in [5.74, 6) is -0.357. The van der Waals surface area contributed by atoms with E-state index < -0.39 is 45.4 Å². The number of benzene rings is 2. The molecule has 0 bridgehead atoms. The van der Waals surface area contributed by atoms with Gasteiger partial charge in [-0.15, -0.1) is 0 Å². The van der Waals surface area contributed by atoms with Gasteiger partial charge in [0.2, 0.25) is 0 Å². The molecule has 0 radical (unpaired) electrons. The molecule has 0 spiro atoms. The van der Waals surface area contributed by atoms with Crippen molar-refractivity contribution in [2.75, 3.05) is 0 Å². The molecule has 3 rings (SSSR count). The molecular formula is C32H43F3N2O4. The van der Waals surface area contributed by atoms with Crippen molar-refractivity contribution in [3.05, 3.63) is 54.1 Å². The lowest BCUT2D eigenvalue weighted by Crippen LogP contribution is -2.59. The first kappa shape index (κ1) is 32.5. The van der Waals surface area contributed by atoms with Gasteiger partial charge in [0, 0.05) is 28.4 Å². The molecule has 226 valence electrons. The molecule has 1 heterocycles. The van der Waals surface area contributed by atoms with Crippen LogP contribution >= 0.6 is 0 Å². The van der Waals surface area contributed by atoms with Crippen LogP contribution in [0.3, 0.4) is 0 Å². The highest BCUT2D eigenvalue weighted by atomic mass is 19.4. The van der Waals surface area contributed by atoms with Gasteiger partial charge < -0.3 is 25.4 Å². The lowest BCUT2D eigenvalue weighted by molar-refractivity contribution is -0.177. The molecule has 2 aromatic carbocycles. The molecule has 0 saturated carbocycles. The minimum Gasteiger partial charge on any atom is -0.488 e. The van der Waals surface area contributed by atoms with Gasteiger partial charge in [0.1, 0.15) is 28.3 Å². The standard InChI is InChI=1S/C32H43F3N2O4/c1-27(2,36)18-31(9,30(7,8)37)26(38)41-29(5,6)19-28(3,4)40-21-14-15-22(23(17-21)32(33,34)35)25-16-20-12-10-11-13-24(20)39-25/h10-17H,18-19,36-37H2,1-9H3. The van der Waals surface area contributed by atoms with Crippen molar-refractivity contribution in [3.8, 4) is 17.1 Å². The Bertz CT molecular complexity index is 1360. The summed E-state index contributed by atoms with van der Waals surface area (Å²) >= 11 is 0. The number of para-hydroxylation sites is 1. The molecule has 4 N–H and O–H groups in total. The Morgan fingerprint density at radius 1 is 0.829 bits per heavy atom. The number of carbonyl (C=O) groups excluding carboxylic acids is 1. The Kier molecular flexibility index (Phi) is 8.44. The number of alkyl halides is 3. The molecule has 0 fully saturated rings. The maximum atomic E-state index is 14.2. The summed E-state index contributed by atoms with van der Waals surface area (Å²) in [6.07, 6.45) is -4.18. The summed E-state index contributed by atoms with van der Waals surface area (Å²) in [4.78, 5) is 13.5.